The largest absolute Gasteiger partial charge is 0.380 e. The molecule has 1 aliphatic heterocycles. The molecule has 0 unspecified atom stereocenters. The molecule has 2 fully saturated rings. The molecule has 1 saturated heterocycles. The molecular formula is C13H26N2O. The maximum absolute atomic E-state index is 5.57. The van der Waals surface area contributed by atoms with Gasteiger partial charge in [-0.3, -0.25) is 4.90 Å². The maximum Gasteiger partial charge on any atom is 0.0593 e. The number of hydrogen-bond acceptors (Lipinski definition) is 3. The molecule has 0 aromatic rings. The van der Waals surface area contributed by atoms with Gasteiger partial charge in [0.15, 0.2) is 0 Å². The molecular weight excluding hydrogens is 200 g/mol. The minimum absolute atomic E-state index is 0.461. The van der Waals surface area contributed by atoms with Crippen molar-refractivity contribution in [2.24, 2.45) is 0 Å². The van der Waals surface area contributed by atoms with Crippen molar-refractivity contribution in [3.05, 3.63) is 0 Å². The standard InChI is InChI=1S/C13H26N2O/c1-2-10-16-11-9-15-8-7-14-13(12-15)5-3-4-6-13/h14H,2-12H2,1H3. The molecule has 0 atom stereocenters. The zero-order chi connectivity index (χ0) is 11.3. The lowest BCUT2D eigenvalue weighted by Gasteiger charge is -2.41. The number of nitrogens with zero attached hydrogens (tertiary/aromatic N) is 1. The molecule has 0 bridgehead atoms. The Balaban J connectivity index is 1.70. The van der Waals surface area contributed by atoms with Crippen LogP contribution in [-0.2, 0) is 4.74 Å². The predicted molar refractivity (Wildman–Crippen MR) is 66.8 cm³/mol. The summed E-state index contributed by atoms with van der Waals surface area (Å²) in [5.74, 6) is 0. The highest BCUT2D eigenvalue weighted by Gasteiger charge is 2.37. The van der Waals surface area contributed by atoms with E-state index in [1.807, 2.05) is 0 Å². The Morgan fingerprint density at radius 3 is 2.81 bits per heavy atom. The molecule has 1 spiro atoms. The number of rotatable bonds is 5. The maximum atomic E-state index is 5.57. The van der Waals surface area contributed by atoms with Gasteiger partial charge in [0.05, 0.1) is 6.61 Å². The smallest absolute Gasteiger partial charge is 0.0593 e. The summed E-state index contributed by atoms with van der Waals surface area (Å²) in [6.45, 7) is 8.69. The minimum atomic E-state index is 0.461. The molecule has 0 aromatic carbocycles. The van der Waals surface area contributed by atoms with Crippen LogP contribution >= 0.6 is 0 Å². The van der Waals surface area contributed by atoms with Crippen LogP contribution < -0.4 is 5.32 Å². The summed E-state index contributed by atoms with van der Waals surface area (Å²) in [5.41, 5.74) is 0.461. The number of hydrogen-bond donors (Lipinski definition) is 1. The fraction of sp³-hybridized carbons (Fsp3) is 1.00. The Kier molecular flexibility index (Phi) is 4.62. The fourth-order valence-electron chi connectivity index (χ4n) is 3.06. The van der Waals surface area contributed by atoms with Crippen molar-refractivity contribution in [3.8, 4) is 0 Å². The van der Waals surface area contributed by atoms with Gasteiger partial charge in [-0.2, -0.15) is 0 Å². The van der Waals surface area contributed by atoms with E-state index >= 15 is 0 Å². The van der Waals surface area contributed by atoms with Gasteiger partial charge in [0.25, 0.3) is 0 Å². The molecule has 3 nitrogen and oxygen atoms in total. The highest BCUT2D eigenvalue weighted by molar-refractivity contribution is 4.97. The summed E-state index contributed by atoms with van der Waals surface area (Å²) < 4.78 is 5.57. The van der Waals surface area contributed by atoms with Crippen LogP contribution in [0.5, 0.6) is 0 Å². The van der Waals surface area contributed by atoms with Crippen LogP contribution in [0, 0.1) is 0 Å². The summed E-state index contributed by atoms with van der Waals surface area (Å²) in [6.07, 6.45) is 6.70. The third-order valence-corrected chi connectivity index (χ3v) is 3.92. The lowest BCUT2D eigenvalue weighted by molar-refractivity contribution is 0.0738. The first-order valence-corrected chi connectivity index (χ1v) is 6.90. The first-order chi connectivity index (χ1) is 7.85. The second-order valence-electron chi connectivity index (χ2n) is 5.30. The van der Waals surface area contributed by atoms with Crippen LogP contribution in [0.15, 0.2) is 0 Å². The Labute approximate surface area is 99.5 Å². The zero-order valence-corrected chi connectivity index (χ0v) is 10.6. The minimum Gasteiger partial charge on any atom is -0.380 e. The van der Waals surface area contributed by atoms with Gasteiger partial charge in [0, 0.05) is 38.3 Å². The monoisotopic (exact) mass is 226 g/mol. The van der Waals surface area contributed by atoms with Crippen molar-refractivity contribution >= 4 is 0 Å². The van der Waals surface area contributed by atoms with Gasteiger partial charge in [0.2, 0.25) is 0 Å². The second-order valence-corrected chi connectivity index (χ2v) is 5.30. The lowest BCUT2D eigenvalue weighted by atomic mass is 9.94. The molecule has 1 heterocycles. The van der Waals surface area contributed by atoms with E-state index in [0.717, 1.165) is 32.7 Å². The molecule has 2 rings (SSSR count). The first-order valence-electron chi connectivity index (χ1n) is 6.90. The third kappa shape index (κ3) is 3.19. The Morgan fingerprint density at radius 2 is 2.06 bits per heavy atom. The van der Waals surface area contributed by atoms with Gasteiger partial charge >= 0.3 is 0 Å². The number of nitrogens with one attached hydrogen (secondary N) is 1. The van der Waals surface area contributed by atoms with Crippen LogP contribution in [-0.4, -0.2) is 49.8 Å². The molecule has 1 saturated carbocycles. The molecule has 1 N–H and O–H groups in total. The molecule has 2 aliphatic rings. The quantitative estimate of drug-likeness (QED) is 0.721. The predicted octanol–water partition coefficient (Wildman–Crippen LogP) is 1.63. The molecule has 0 aromatic heterocycles. The first kappa shape index (κ1) is 12.3. The van der Waals surface area contributed by atoms with Gasteiger partial charge in [0.1, 0.15) is 0 Å². The van der Waals surface area contributed by atoms with Gasteiger partial charge < -0.3 is 10.1 Å². The Morgan fingerprint density at radius 1 is 1.25 bits per heavy atom. The highest BCUT2D eigenvalue weighted by atomic mass is 16.5. The van der Waals surface area contributed by atoms with Gasteiger partial charge in [-0.1, -0.05) is 19.8 Å². The second kappa shape index (κ2) is 5.99. The summed E-state index contributed by atoms with van der Waals surface area (Å²) in [4.78, 5) is 2.58. The lowest BCUT2D eigenvalue weighted by Crippen LogP contribution is -2.59. The molecule has 3 heteroatoms. The van der Waals surface area contributed by atoms with E-state index in [1.54, 1.807) is 0 Å². The topological polar surface area (TPSA) is 24.5 Å². The van der Waals surface area contributed by atoms with Crippen molar-refractivity contribution in [3.63, 3.8) is 0 Å². The molecule has 0 radical (unpaired) electrons. The van der Waals surface area contributed by atoms with E-state index < -0.39 is 0 Å². The molecule has 94 valence electrons. The van der Waals surface area contributed by atoms with E-state index in [4.69, 9.17) is 4.74 Å². The van der Waals surface area contributed by atoms with Gasteiger partial charge in [-0.15, -0.1) is 0 Å². The number of piperazine rings is 1. The molecule has 16 heavy (non-hydrogen) atoms. The van der Waals surface area contributed by atoms with E-state index in [2.05, 4.69) is 17.1 Å². The SMILES string of the molecule is CCCOCCN1CCNC2(CCCC2)C1. The Hall–Kier alpha value is -0.120. The summed E-state index contributed by atoms with van der Waals surface area (Å²) >= 11 is 0. The van der Waals surface area contributed by atoms with Crippen molar-refractivity contribution in [2.75, 3.05) is 39.4 Å². The Bertz CT molecular complexity index is 202. The van der Waals surface area contributed by atoms with Crippen molar-refractivity contribution in [1.82, 2.24) is 10.2 Å². The highest BCUT2D eigenvalue weighted by Crippen LogP contribution is 2.31. The van der Waals surface area contributed by atoms with E-state index in [1.165, 1.54) is 38.8 Å². The molecule has 1 aliphatic carbocycles. The van der Waals surface area contributed by atoms with Crippen LogP contribution in [0.4, 0.5) is 0 Å². The summed E-state index contributed by atoms with van der Waals surface area (Å²) in [5, 5.41) is 3.74. The fourth-order valence-corrected chi connectivity index (χ4v) is 3.06. The van der Waals surface area contributed by atoms with Crippen LogP contribution in [0.3, 0.4) is 0 Å². The summed E-state index contributed by atoms with van der Waals surface area (Å²) in [6, 6.07) is 0. The normalized spacial score (nSPS) is 25.3. The average molecular weight is 226 g/mol. The third-order valence-electron chi connectivity index (χ3n) is 3.92. The number of ether oxygens (including phenoxy) is 1. The van der Waals surface area contributed by atoms with Crippen LogP contribution in [0.2, 0.25) is 0 Å². The van der Waals surface area contributed by atoms with Crippen molar-refractivity contribution < 1.29 is 4.74 Å². The van der Waals surface area contributed by atoms with E-state index in [0.29, 0.717) is 5.54 Å². The zero-order valence-electron chi connectivity index (χ0n) is 10.6. The van der Waals surface area contributed by atoms with Gasteiger partial charge in [-0.25, -0.2) is 0 Å². The van der Waals surface area contributed by atoms with E-state index in [-0.39, 0.29) is 0 Å². The van der Waals surface area contributed by atoms with Gasteiger partial charge in [-0.05, 0) is 19.3 Å². The van der Waals surface area contributed by atoms with Crippen LogP contribution in [0.1, 0.15) is 39.0 Å². The van der Waals surface area contributed by atoms with Crippen molar-refractivity contribution in [2.45, 2.75) is 44.6 Å². The van der Waals surface area contributed by atoms with E-state index in [9.17, 15) is 0 Å². The summed E-state index contributed by atoms with van der Waals surface area (Å²) in [7, 11) is 0. The average Bonchev–Trinajstić information content (AvgIpc) is 2.73. The molecule has 0 amide bonds. The van der Waals surface area contributed by atoms with Crippen molar-refractivity contribution in [1.29, 1.82) is 0 Å². The van der Waals surface area contributed by atoms with Crippen LogP contribution in [0.25, 0.3) is 0 Å².